The number of amides is 4. The molecule has 0 atom stereocenters. The highest BCUT2D eigenvalue weighted by atomic mass is 16.5. The van der Waals surface area contributed by atoms with E-state index < -0.39 is 11.9 Å². The summed E-state index contributed by atoms with van der Waals surface area (Å²) in [7, 11) is 0. The molecule has 348 valence electrons. The highest BCUT2D eigenvalue weighted by molar-refractivity contribution is 6.00. The van der Waals surface area contributed by atoms with Gasteiger partial charge >= 0.3 is 11.9 Å². The summed E-state index contributed by atoms with van der Waals surface area (Å²) in [6.07, 6.45) is 0. The second-order valence-corrected chi connectivity index (χ2v) is 16.3. The fourth-order valence-electron chi connectivity index (χ4n) is 7.69. The van der Waals surface area contributed by atoms with Gasteiger partial charge in [0.1, 0.15) is 13.2 Å². The zero-order valence-electron chi connectivity index (χ0n) is 38.0. The van der Waals surface area contributed by atoms with Crippen molar-refractivity contribution in [3.63, 3.8) is 0 Å². The molecule has 8 aromatic rings. The number of ether oxygens (including phenoxy) is 2. The molecule has 4 N–H and O–H groups in total. The number of carbonyl (C=O) groups is 6. The molecule has 0 unspecified atom stereocenters. The van der Waals surface area contributed by atoms with Gasteiger partial charge < -0.3 is 30.7 Å². The van der Waals surface area contributed by atoms with Crippen LogP contribution < -0.4 is 21.3 Å². The van der Waals surface area contributed by atoms with Gasteiger partial charge in [-0.3, -0.25) is 19.2 Å². The van der Waals surface area contributed by atoms with Gasteiger partial charge in [0.2, 0.25) is 0 Å². The molecular weight excluding hydrogens is 881 g/mol. The second kappa shape index (κ2) is 23.0. The Morgan fingerprint density at radius 1 is 0.314 bits per heavy atom. The van der Waals surface area contributed by atoms with E-state index >= 15 is 0 Å². The van der Waals surface area contributed by atoms with Crippen molar-refractivity contribution in [2.45, 2.75) is 39.4 Å². The average Bonchev–Trinajstić information content (AvgIpc) is 3.41. The molecule has 0 spiro atoms. The maximum Gasteiger partial charge on any atom is 0.338 e. The smallest absolute Gasteiger partial charge is 0.338 e. The first kappa shape index (κ1) is 47.3. The quantitative estimate of drug-likeness (QED) is 0.0618. The van der Waals surface area contributed by atoms with Gasteiger partial charge in [0, 0.05) is 59.6 Å². The molecule has 0 aliphatic heterocycles. The Balaban J connectivity index is 0.809. The van der Waals surface area contributed by atoms with Crippen LogP contribution in [0, 0.1) is 0 Å². The summed E-state index contributed by atoms with van der Waals surface area (Å²) >= 11 is 0. The first-order valence-electron chi connectivity index (χ1n) is 22.6. The number of nitrogens with one attached hydrogen (secondary N) is 4. The van der Waals surface area contributed by atoms with Crippen LogP contribution in [-0.2, 0) is 48.9 Å². The first-order chi connectivity index (χ1) is 34.2. The minimum Gasteiger partial charge on any atom is -0.457 e. The number of carbonyl (C=O) groups excluding carboxylic acids is 6. The largest absolute Gasteiger partial charge is 0.457 e. The first-order valence-corrected chi connectivity index (χ1v) is 22.6. The lowest BCUT2D eigenvalue weighted by Crippen LogP contribution is -2.25. The van der Waals surface area contributed by atoms with Gasteiger partial charge in [-0.2, -0.15) is 0 Å². The normalized spacial score (nSPS) is 10.7. The van der Waals surface area contributed by atoms with Crippen molar-refractivity contribution < 1.29 is 38.2 Å². The standard InChI is InChI=1S/C58H48N4O8/c63-53(43-17-3-1-4-18-43)59-33-39-13-11-15-41(29-39)35-61-55(65)51-23-9-7-21-49(51)37-69-57(67)47-27-25-46-32-48(28-26-45(46)31-47)58(68)70-38-50-22-8-10-24-52(50)56(66)62-36-42-16-12-14-40(30-42)34-60-54(64)44-19-5-2-6-20-44/h1-32H,33-38H2,(H,59,63)(H,60,64)(H,61,65)(H,62,66). The van der Waals surface area contributed by atoms with E-state index in [-0.39, 0.29) is 49.9 Å². The Labute approximate surface area is 404 Å². The maximum absolute atomic E-state index is 13.4. The molecule has 0 saturated carbocycles. The van der Waals surface area contributed by atoms with Crippen LogP contribution >= 0.6 is 0 Å². The molecule has 4 amide bonds. The maximum atomic E-state index is 13.4. The van der Waals surface area contributed by atoms with Crippen molar-refractivity contribution >= 4 is 46.3 Å². The monoisotopic (exact) mass is 928 g/mol. The van der Waals surface area contributed by atoms with E-state index in [0.29, 0.717) is 68.4 Å². The number of esters is 2. The highest BCUT2D eigenvalue weighted by Crippen LogP contribution is 2.22. The lowest BCUT2D eigenvalue weighted by Gasteiger charge is -2.12. The van der Waals surface area contributed by atoms with Crippen LogP contribution in [0.2, 0.25) is 0 Å². The number of hydrogen-bond donors (Lipinski definition) is 4. The fraction of sp³-hybridized carbons (Fsp3) is 0.103. The van der Waals surface area contributed by atoms with Crippen molar-refractivity contribution in [1.29, 1.82) is 0 Å². The van der Waals surface area contributed by atoms with Gasteiger partial charge in [-0.15, -0.1) is 0 Å². The van der Waals surface area contributed by atoms with E-state index in [2.05, 4.69) is 21.3 Å². The summed E-state index contributed by atoms with van der Waals surface area (Å²) in [6.45, 7) is 0.874. The molecule has 0 aliphatic carbocycles. The van der Waals surface area contributed by atoms with Gasteiger partial charge in [-0.1, -0.05) is 133 Å². The third-order valence-electron chi connectivity index (χ3n) is 11.4. The lowest BCUT2D eigenvalue weighted by molar-refractivity contribution is 0.0462. The van der Waals surface area contributed by atoms with E-state index in [1.165, 1.54) is 0 Å². The zero-order chi connectivity index (χ0) is 48.7. The fourth-order valence-corrected chi connectivity index (χ4v) is 7.69. The van der Waals surface area contributed by atoms with Crippen molar-refractivity contribution in [3.05, 3.63) is 261 Å². The van der Waals surface area contributed by atoms with Crippen LogP contribution in [0.5, 0.6) is 0 Å². The van der Waals surface area contributed by atoms with Crippen LogP contribution in [0.4, 0.5) is 0 Å². The molecule has 70 heavy (non-hydrogen) atoms. The molecule has 8 aromatic carbocycles. The average molecular weight is 929 g/mol. The van der Waals surface area contributed by atoms with Crippen LogP contribution in [0.1, 0.15) is 95.5 Å². The van der Waals surface area contributed by atoms with E-state index in [1.54, 1.807) is 109 Å². The van der Waals surface area contributed by atoms with E-state index in [9.17, 15) is 28.8 Å². The van der Waals surface area contributed by atoms with E-state index in [0.717, 1.165) is 22.3 Å². The van der Waals surface area contributed by atoms with Crippen molar-refractivity contribution in [1.82, 2.24) is 21.3 Å². The van der Waals surface area contributed by atoms with E-state index in [4.69, 9.17) is 9.47 Å². The summed E-state index contributed by atoms with van der Waals surface area (Å²) in [6, 6.07) is 56.9. The van der Waals surface area contributed by atoms with Gasteiger partial charge in [0.05, 0.1) is 11.1 Å². The zero-order valence-corrected chi connectivity index (χ0v) is 38.0. The number of hydrogen-bond acceptors (Lipinski definition) is 8. The molecule has 0 aliphatic rings. The molecule has 12 heteroatoms. The minimum atomic E-state index is -0.586. The molecule has 8 rings (SSSR count). The molecule has 0 fully saturated rings. The van der Waals surface area contributed by atoms with Crippen molar-refractivity contribution in [3.8, 4) is 0 Å². The molecule has 0 radical (unpaired) electrons. The molecule has 0 bridgehead atoms. The highest BCUT2D eigenvalue weighted by Gasteiger charge is 2.17. The Kier molecular flexibility index (Phi) is 15.6. The third kappa shape index (κ3) is 12.6. The van der Waals surface area contributed by atoms with Gasteiger partial charge in [0.15, 0.2) is 0 Å². The molecule has 0 aromatic heterocycles. The van der Waals surface area contributed by atoms with Crippen molar-refractivity contribution in [2.24, 2.45) is 0 Å². The lowest BCUT2D eigenvalue weighted by atomic mass is 10.0. The van der Waals surface area contributed by atoms with Gasteiger partial charge in [-0.05, 0) is 93.7 Å². The van der Waals surface area contributed by atoms with Crippen LogP contribution in [0.15, 0.2) is 194 Å². The summed E-state index contributed by atoms with van der Waals surface area (Å²) in [5.74, 6) is -2.18. The number of fused-ring (bicyclic) bond motifs is 1. The summed E-state index contributed by atoms with van der Waals surface area (Å²) in [5.41, 5.74) is 7.01. The second-order valence-electron chi connectivity index (χ2n) is 16.3. The van der Waals surface area contributed by atoms with Crippen LogP contribution in [0.3, 0.4) is 0 Å². The Morgan fingerprint density at radius 3 is 1.04 bits per heavy atom. The SMILES string of the molecule is O=C(NCc1cccc(CNC(=O)c2ccccc2COC(=O)c2ccc3cc(C(=O)OCc4ccccc4C(=O)NCc4cccc(CNC(=O)c5ccccc5)c4)ccc3c2)c1)c1ccccc1. The molecule has 12 nitrogen and oxygen atoms in total. The van der Waals surface area contributed by atoms with Gasteiger partial charge in [0.25, 0.3) is 23.6 Å². The van der Waals surface area contributed by atoms with E-state index in [1.807, 2.05) is 84.9 Å². The Hall–Kier alpha value is -9.16. The van der Waals surface area contributed by atoms with Crippen molar-refractivity contribution in [2.75, 3.05) is 0 Å². The number of rotatable bonds is 18. The third-order valence-corrected chi connectivity index (χ3v) is 11.4. The summed E-state index contributed by atoms with van der Waals surface area (Å²) in [4.78, 5) is 78.3. The summed E-state index contributed by atoms with van der Waals surface area (Å²) in [5, 5.41) is 13.1. The Morgan fingerprint density at radius 2 is 0.657 bits per heavy atom. The predicted octanol–water partition coefficient (Wildman–Crippen LogP) is 9.27. The van der Waals surface area contributed by atoms with Crippen LogP contribution in [0.25, 0.3) is 10.8 Å². The molecular formula is C58H48N4O8. The Bertz CT molecular complexity index is 2980. The predicted molar refractivity (Wildman–Crippen MR) is 266 cm³/mol. The summed E-state index contributed by atoms with van der Waals surface area (Å²) < 4.78 is 11.4. The van der Waals surface area contributed by atoms with Crippen LogP contribution in [-0.4, -0.2) is 35.6 Å². The molecule has 0 saturated heterocycles. The minimum absolute atomic E-state index is 0.140. The topological polar surface area (TPSA) is 169 Å². The van der Waals surface area contributed by atoms with Gasteiger partial charge in [-0.25, -0.2) is 9.59 Å². The molecule has 0 heterocycles. The number of benzene rings is 8.